The second-order valence-electron chi connectivity index (χ2n) is 7.72. The van der Waals surface area contributed by atoms with Crippen molar-refractivity contribution in [3.8, 4) is 0 Å². The Bertz CT molecular complexity index is 782. The summed E-state index contributed by atoms with van der Waals surface area (Å²) in [7, 11) is 0. The van der Waals surface area contributed by atoms with E-state index in [0.29, 0.717) is 6.04 Å². The number of nitro groups is 1. The molecule has 0 bridgehead atoms. The van der Waals surface area contributed by atoms with Crippen LogP contribution in [0.25, 0.3) is 0 Å². The van der Waals surface area contributed by atoms with Crippen LogP contribution in [-0.2, 0) is 19.3 Å². The minimum Gasteiger partial charge on any atom is -0.300 e. The number of hydrogen-bond acceptors (Lipinski definition) is 4. The Morgan fingerprint density at radius 3 is 2.37 bits per heavy atom. The van der Waals surface area contributed by atoms with Gasteiger partial charge in [-0.2, -0.15) is 0 Å². The lowest BCUT2D eigenvalue weighted by Crippen LogP contribution is -2.51. The highest BCUT2D eigenvalue weighted by molar-refractivity contribution is 5.33. The van der Waals surface area contributed by atoms with Crippen molar-refractivity contribution in [2.45, 2.75) is 31.7 Å². The fourth-order valence-corrected chi connectivity index (χ4v) is 4.41. The van der Waals surface area contributed by atoms with Crippen molar-refractivity contribution in [2.24, 2.45) is 0 Å². The van der Waals surface area contributed by atoms with Crippen LogP contribution < -0.4 is 0 Å². The number of aryl methyl sites for hydroxylation is 1. The molecule has 5 nitrogen and oxygen atoms in total. The molecule has 4 rings (SSSR count). The van der Waals surface area contributed by atoms with Crippen LogP contribution >= 0.6 is 0 Å². The Hall–Kier alpha value is -2.24. The molecule has 2 aliphatic rings. The molecule has 0 amide bonds. The summed E-state index contributed by atoms with van der Waals surface area (Å²) in [6, 6.07) is 16.6. The predicted octanol–water partition coefficient (Wildman–Crippen LogP) is 3.31. The summed E-state index contributed by atoms with van der Waals surface area (Å²) in [5, 5.41) is 10.7. The molecule has 1 aliphatic carbocycles. The molecule has 142 valence electrons. The van der Waals surface area contributed by atoms with Gasteiger partial charge in [-0.1, -0.05) is 36.4 Å². The molecule has 1 aliphatic heterocycles. The van der Waals surface area contributed by atoms with Gasteiger partial charge in [0.05, 0.1) is 4.92 Å². The highest BCUT2D eigenvalue weighted by atomic mass is 16.6. The fraction of sp³-hybridized carbons (Fsp3) is 0.455. The number of non-ortho nitro benzene ring substituents is 1. The molecule has 0 saturated carbocycles. The maximum Gasteiger partial charge on any atom is 0.269 e. The van der Waals surface area contributed by atoms with Crippen LogP contribution in [0.3, 0.4) is 0 Å². The van der Waals surface area contributed by atoms with E-state index in [0.717, 1.165) is 39.1 Å². The van der Waals surface area contributed by atoms with Crippen LogP contribution in [0, 0.1) is 10.1 Å². The molecular weight excluding hydrogens is 338 g/mol. The molecule has 27 heavy (non-hydrogen) atoms. The Morgan fingerprint density at radius 1 is 0.963 bits per heavy atom. The Balaban J connectivity index is 1.24. The molecule has 2 aromatic rings. The van der Waals surface area contributed by atoms with E-state index in [4.69, 9.17) is 0 Å². The maximum atomic E-state index is 10.7. The van der Waals surface area contributed by atoms with Gasteiger partial charge in [-0.3, -0.25) is 15.0 Å². The lowest BCUT2D eigenvalue weighted by molar-refractivity contribution is -0.384. The molecule has 5 heteroatoms. The highest BCUT2D eigenvalue weighted by Crippen LogP contribution is 2.25. The normalized spacial score (nSPS) is 21.0. The zero-order valence-corrected chi connectivity index (χ0v) is 15.7. The molecule has 0 spiro atoms. The number of fused-ring (bicyclic) bond motifs is 1. The van der Waals surface area contributed by atoms with Gasteiger partial charge < -0.3 is 4.90 Å². The van der Waals surface area contributed by atoms with Gasteiger partial charge in [-0.15, -0.1) is 0 Å². The first kappa shape index (κ1) is 18.1. The molecule has 0 radical (unpaired) electrons. The third-order valence-corrected chi connectivity index (χ3v) is 6.11. The van der Waals surface area contributed by atoms with Crippen molar-refractivity contribution in [1.29, 1.82) is 0 Å². The minimum absolute atomic E-state index is 0.168. The zero-order chi connectivity index (χ0) is 18.6. The summed E-state index contributed by atoms with van der Waals surface area (Å²) < 4.78 is 0. The summed E-state index contributed by atoms with van der Waals surface area (Å²) in [4.78, 5) is 15.6. The molecular formula is C22H27N3O2. The van der Waals surface area contributed by atoms with Crippen LogP contribution in [0.15, 0.2) is 48.5 Å². The van der Waals surface area contributed by atoms with Crippen LogP contribution in [0.4, 0.5) is 5.69 Å². The Morgan fingerprint density at radius 2 is 1.67 bits per heavy atom. The van der Waals surface area contributed by atoms with Gasteiger partial charge in [0.15, 0.2) is 0 Å². The average Bonchev–Trinajstić information content (AvgIpc) is 2.72. The van der Waals surface area contributed by atoms with E-state index in [2.05, 4.69) is 34.1 Å². The highest BCUT2D eigenvalue weighted by Gasteiger charge is 2.26. The average molecular weight is 365 g/mol. The summed E-state index contributed by atoms with van der Waals surface area (Å²) >= 11 is 0. The first-order valence-corrected chi connectivity index (χ1v) is 9.95. The largest absolute Gasteiger partial charge is 0.300 e. The van der Waals surface area contributed by atoms with Crippen molar-refractivity contribution in [3.63, 3.8) is 0 Å². The molecule has 1 heterocycles. The second-order valence-corrected chi connectivity index (χ2v) is 7.72. The zero-order valence-electron chi connectivity index (χ0n) is 15.7. The number of nitro benzene ring substituents is 1. The van der Waals surface area contributed by atoms with E-state index in [-0.39, 0.29) is 10.6 Å². The lowest BCUT2D eigenvalue weighted by Gasteiger charge is -2.41. The second kappa shape index (κ2) is 8.19. The number of hydrogen-bond donors (Lipinski definition) is 0. The summed E-state index contributed by atoms with van der Waals surface area (Å²) in [5.41, 5.74) is 4.41. The van der Waals surface area contributed by atoms with E-state index in [1.54, 1.807) is 12.1 Å². The van der Waals surface area contributed by atoms with Crippen LogP contribution in [0.1, 0.15) is 23.1 Å². The van der Waals surface area contributed by atoms with Crippen LogP contribution in [0.5, 0.6) is 0 Å². The molecule has 0 aromatic heterocycles. The van der Waals surface area contributed by atoms with E-state index >= 15 is 0 Å². The van der Waals surface area contributed by atoms with Gasteiger partial charge in [-0.25, -0.2) is 0 Å². The molecule has 0 N–H and O–H groups in total. The maximum absolute atomic E-state index is 10.7. The number of piperazine rings is 1. The summed E-state index contributed by atoms with van der Waals surface area (Å²) in [6.45, 7) is 5.55. The molecule has 1 saturated heterocycles. The minimum atomic E-state index is -0.341. The number of benzene rings is 2. The Kier molecular flexibility index (Phi) is 5.50. The summed E-state index contributed by atoms with van der Waals surface area (Å²) in [6.07, 6.45) is 4.63. The molecule has 1 atom stereocenters. The first-order valence-electron chi connectivity index (χ1n) is 9.95. The van der Waals surface area contributed by atoms with Crippen LogP contribution in [0.2, 0.25) is 0 Å². The van der Waals surface area contributed by atoms with E-state index in [9.17, 15) is 10.1 Å². The third-order valence-electron chi connectivity index (χ3n) is 6.11. The van der Waals surface area contributed by atoms with Crippen molar-refractivity contribution >= 4 is 5.69 Å². The van der Waals surface area contributed by atoms with E-state index < -0.39 is 0 Å². The number of rotatable bonds is 5. The topological polar surface area (TPSA) is 49.6 Å². The molecule has 2 aromatic carbocycles. The third kappa shape index (κ3) is 4.37. The van der Waals surface area contributed by atoms with E-state index in [1.165, 1.54) is 36.0 Å². The Labute approximate surface area is 160 Å². The van der Waals surface area contributed by atoms with Gasteiger partial charge in [0.1, 0.15) is 0 Å². The fourth-order valence-electron chi connectivity index (χ4n) is 4.41. The molecule has 1 fully saturated rings. The van der Waals surface area contributed by atoms with Gasteiger partial charge in [0, 0.05) is 50.9 Å². The monoisotopic (exact) mass is 365 g/mol. The van der Waals surface area contributed by atoms with Crippen molar-refractivity contribution in [1.82, 2.24) is 9.80 Å². The van der Waals surface area contributed by atoms with Gasteiger partial charge in [-0.05, 0) is 42.4 Å². The van der Waals surface area contributed by atoms with Gasteiger partial charge in [0.2, 0.25) is 0 Å². The standard InChI is InChI=1S/C22H27N3O2/c26-25(27)21-8-5-18(6-9-21)11-12-23-13-15-24(16-14-23)22-10-7-19-3-1-2-4-20(19)17-22/h1-6,8-9,22H,7,10-17H2. The van der Waals surface area contributed by atoms with Crippen LogP contribution in [-0.4, -0.2) is 53.5 Å². The van der Waals surface area contributed by atoms with Crippen molar-refractivity contribution in [2.75, 3.05) is 32.7 Å². The van der Waals surface area contributed by atoms with Gasteiger partial charge >= 0.3 is 0 Å². The first-order chi connectivity index (χ1) is 13.2. The van der Waals surface area contributed by atoms with Crippen molar-refractivity contribution < 1.29 is 4.92 Å². The predicted molar refractivity (Wildman–Crippen MR) is 107 cm³/mol. The van der Waals surface area contributed by atoms with E-state index in [1.807, 2.05) is 12.1 Å². The van der Waals surface area contributed by atoms with Crippen molar-refractivity contribution in [3.05, 3.63) is 75.3 Å². The smallest absolute Gasteiger partial charge is 0.269 e. The molecule has 1 unspecified atom stereocenters. The van der Waals surface area contributed by atoms with Gasteiger partial charge in [0.25, 0.3) is 5.69 Å². The summed E-state index contributed by atoms with van der Waals surface area (Å²) in [5.74, 6) is 0. The SMILES string of the molecule is O=[N+]([O-])c1ccc(CCN2CCN(C3CCc4ccccc4C3)CC2)cc1. The lowest BCUT2D eigenvalue weighted by atomic mass is 9.87. The quantitative estimate of drug-likeness (QED) is 0.602. The number of nitrogens with zero attached hydrogens (tertiary/aromatic N) is 3.